The van der Waals surface area contributed by atoms with Crippen LogP contribution in [0.1, 0.15) is 5.56 Å². The van der Waals surface area contributed by atoms with Gasteiger partial charge in [-0.25, -0.2) is 0 Å². The topological polar surface area (TPSA) is 21.3 Å². The second-order valence-electron chi connectivity index (χ2n) is 1.90. The summed E-state index contributed by atoms with van der Waals surface area (Å²) in [7, 11) is 0. The Morgan fingerprint density at radius 1 is 1.22 bits per heavy atom. The number of hydroxylamine groups is 1. The van der Waals surface area contributed by atoms with Crippen LogP contribution in [-0.2, 0) is 0 Å². The largest absolute Gasteiger partial charge is 0.408 e. The molecule has 1 radical (unpaired) electrons. The highest BCUT2D eigenvalue weighted by atomic mass is 16.7. The molecule has 0 saturated heterocycles. The van der Waals surface area contributed by atoms with Crippen molar-refractivity contribution in [2.75, 3.05) is 0 Å². The van der Waals surface area contributed by atoms with Gasteiger partial charge >= 0.3 is 0 Å². The van der Waals surface area contributed by atoms with Crippen molar-refractivity contribution < 1.29 is 4.84 Å². The Morgan fingerprint density at radius 2 is 2.11 bits per heavy atom. The van der Waals surface area contributed by atoms with Crippen molar-refractivity contribution in [2.24, 2.45) is 0 Å². The fourth-order valence-corrected chi connectivity index (χ4v) is 0.849. The van der Waals surface area contributed by atoms with E-state index in [2.05, 4.69) is 5.48 Å². The molecule has 1 aromatic carbocycles. The highest BCUT2D eigenvalue weighted by Crippen LogP contribution is 2.21. The SMILES string of the molecule is [CH]1NOc2ccccc21. The van der Waals surface area contributed by atoms with E-state index in [1.54, 1.807) is 0 Å². The first-order chi connectivity index (χ1) is 4.47. The van der Waals surface area contributed by atoms with Crippen LogP contribution in [0.5, 0.6) is 5.75 Å². The van der Waals surface area contributed by atoms with Crippen LogP contribution in [0.3, 0.4) is 0 Å². The lowest BCUT2D eigenvalue weighted by atomic mass is 10.2. The van der Waals surface area contributed by atoms with Crippen molar-refractivity contribution >= 4 is 0 Å². The monoisotopic (exact) mass is 120 g/mol. The van der Waals surface area contributed by atoms with Crippen molar-refractivity contribution in [3.8, 4) is 5.75 Å². The molecule has 0 aliphatic carbocycles. The summed E-state index contributed by atoms with van der Waals surface area (Å²) in [5.74, 6) is 0.900. The molecule has 1 aromatic rings. The second-order valence-corrected chi connectivity index (χ2v) is 1.90. The van der Waals surface area contributed by atoms with Crippen LogP contribution in [0.4, 0.5) is 0 Å². The Kier molecular flexibility index (Phi) is 0.932. The van der Waals surface area contributed by atoms with Gasteiger partial charge in [-0.3, -0.25) is 0 Å². The molecule has 2 heteroatoms. The number of rotatable bonds is 0. The van der Waals surface area contributed by atoms with Crippen molar-refractivity contribution in [3.63, 3.8) is 0 Å². The molecule has 9 heavy (non-hydrogen) atoms. The van der Waals surface area contributed by atoms with Crippen LogP contribution in [-0.4, -0.2) is 0 Å². The van der Waals surface area contributed by atoms with Gasteiger partial charge in [0.25, 0.3) is 0 Å². The molecule has 0 aromatic heterocycles. The fraction of sp³-hybridized carbons (Fsp3) is 0. The molecule has 2 rings (SSSR count). The predicted molar refractivity (Wildman–Crippen MR) is 33.6 cm³/mol. The number of benzene rings is 1. The zero-order valence-electron chi connectivity index (χ0n) is 4.79. The number of fused-ring (bicyclic) bond motifs is 1. The maximum atomic E-state index is 4.99. The summed E-state index contributed by atoms with van der Waals surface area (Å²) in [5, 5.41) is 0. The maximum absolute atomic E-state index is 4.99. The molecule has 1 heterocycles. The van der Waals surface area contributed by atoms with E-state index in [4.69, 9.17) is 4.84 Å². The number of nitrogens with one attached hydrogen (secondary N) is 1. The minimum absolute atomic E-state index is 0.900. The standard InChI is InChI=1S/C7H6NO/c1-2-4-7-6(3-1)5-8-9-7/h1-5,8H. The Hall–Kier alpha value is -1.02. The molecule has 1 aliphatic heterocycles. The summed E-state index contributed by atoms with van der Waals surface area (Å²) in [4.78, 5) is 4.99. The number of hydrogen-bond donors (Lipinski definition) is 1. The average molecular weight is 120 g/mol. The molecule has 45 valence electrons. The van der Waals surface area contributed by atoms with Gasteiger partial charge < -0.3 is 4.84 Å². The van der Waals surface area contributed by atoms with Crippen LogP contribution in [0.2, 0.25) is 0 Å². The summed E-state index contributed by atoms with van der Waals surface area (Å²) in [6, 6.07) is 7.84. The first kappa shape index (κ1) is 4.82. The van der Waals surface area contributed by atoms with Crippen LogP contribution in [0, 0.1) is 6.54 Å². The molecule has 2 nitrogen and oxygen atoms in total. The van der Waals surface area contributed by atoms with Crippen molar-refractivity contribution in [1.82, 2.24) is 5.48 Å². The molecule has 0 spiro atoms. The first-order valence-electron chi connectivity index (χ1n) is 2.81. The van der Waals surface area contributed by atoms with E-state index in [0.717, 1.165) is 11.3 Å². The molecule has 0 fully saturated rings. The molecule has 0 saturated carbocycles. The summed E-state index contributed by atoms with van der Waals surface area (Å²) >= 11 is 0. The van der Waals surface area contributed by atoms with Crippen molar-refractivity contribution in [1.29, 1.82) is 0 Å². The van der Waals surface area contributed by atoms with Crippen LogP contribution in [0.25, 0.3) is 0 Å². The molecule has 0 bridgehead atoms. The third-order valence-electron chi connectivity index (χ3n) is 1.30. The Bertz CT molecular complexity index is 199. The molecular formula is C7H6NO. The molecular weight excluding hydrogens is 114 g/mol. The Morgan fingerprint density at radius 3 is 3.00 bits per heavy atom. The Balaban J connectivity index is 2.54. The lowest BCUT2D eigenvalue weighted by Crippen LogP contribution is -2.05. The summed E-state index contributed by atoms with van der Waals surface area (Å²) < 4.78 is 0. The van der Waals surface area contributed by atoms with Gasteiger partial charge in [0.15, 0.2) is 5.75 Å². The van der Waals surface area contributed by atoms with Crippen LogP contribution in [0.15, 0.2) is 24.3 Å². The fourth-order valence-electron chi connectivity index (χ4n) is 0.849. The third kappa shape index (κ3) is 0.678. The highest BCUT2D eigenvalue weighted by molar-refractivity contribution is 5.40. The van der Waals surface area contributed by atoms with Crippen molar-refractivity contribution in [2.45, 2.75) is 0 Å². The van der Waals surface area contributed by atoms with E-state index in [1.807, 2.05) is 30.8 Å². The Labute approximate surface area is 53.4 Å². The van der Waals surface area contributed by atoms with Gasteiger partial charge in [0, 0.05) is 5.56 Å². The van der Waals surface area contributed by atoms with E-state index in [1.165, 1.54) is 0 Å². The summed E-state index contributed by atoms with van der Waals surface area (Å²) in [5.41, 5.74) is 3.77. The van der Waals surface area contributed by atoms with Gasteiger partial charge in [-0.2, -0.15) is 0 Å². The molecule has 0 unspecified atom stereocenters. The van der Waals surface area contributed by atoms with Gasteiger partial charge in [0.1, 0.15) is 0 Å². The number of hydrogen-bond acceptors (Lipinski definition) is 2. The zero-order chi connectivity index (χ0) is 6.10. The summed E-state index contributed by atoms with van der Waals surface area (Å²) in [6.07, 6.45) is 0. The molecule has 0 amide bonds. The normalized spacial score (nSPS) is 14.7. The second kappa shape index (κ2) is 1.74. The first-order valence-corrected chi connectivity index (χ1v) is 2.81. The van der Waals surface area contributed by atoms with E-state index >= 15 is 0 Å². The maximum Gasteiger partial charge on any atom is 0.152 e. The average Bonchev–Trinajstić information content (AvgIpc) is 2.33. The molecule has 1 aliphatic rings. The molecule has 0 atom stereocenters. The van der Waals surface area contributed by atoms with Gasteiger partial charge in [-0.1, -0.05) is 18.2 Å². The minimum atomic E-state index is 0.900. The zero-order valence-corrected chi connectivity index (χ0v) is 4.79. The van der Waals surface area contributed by atoms with Gasteiger partial charge in [0.05, 0.1) is 6.54 Å². The van der Waals surface area contributed by atoms with Gasteiger partial charge in [-0.15, -0.1) is 5.48 Å². The van der Waals surface area contributed by atoms with Gasteiger partial charge in [-0.05, 0) is 6.07 Å². The third-order valence-corrected chi connectivity index (χ3v) is 1.30. The van der Waals surface area contributed by atoms with Crippen LogP contribution >= 0.6 is 0 Å². The van der Waals surface area contributed by atoms with Crippen LogP contribution < -0.4 is 10.3 Å². The van der Waals surface area contributed by atoms with E-state index in [9.17, 15) is 0 Å². The quantitative estimate of drug-likeness (QED) is 0.553. The minimum Gasteiger partial charge on any atom is -0.408 e. The predicted octanol–water partition coefficient (Wildman–Crippen LogP) is 1.09. The van der Waals surface area contributed by atoms with E-state index < -0.39 is 0 Å². The smallest absolute Gasteiger partial charge is 0.152 e. The summed E-state index contributed by atoms with van der Waals surface area (Å²) in [6.45, 7) is 1.83. The van der Waals surface area contributed by atoms with E-state index in [0.29, 0.717) is 0 Å². The lowest BCUT2D eigenvalue weighted by molar-refractivity contribution is 0.254. The lowest BCUT2D eigenvalue weighted by Gasteiger charge is -1.91. The molecule has 1 N–H and O–H groups in total. The van der Waals surface area contributed by atoms with Gasteiger partial charge in [0.2, 0.25) is 0 Å². The van der Waals surface area contributed by atoms with Crippen molar-refractivity contribution in [3.05, 3.63) is 36.4 Å². The number of para-hydroxylation sites is 1. The van der Waals surface area contributed by atoms with E-state index in [-0.39, 0.29) is 0 Å². The highest BCUT2D eigenvalue weighted by Gasteiger charge is 2.08.